The highest BCUT2D eigenvalue weighted by Gasteiger charge is 2.34. The van der Waals surface area contributed by atoms with Crippen molar-refractivity contribution < 1.29 is 23.1 Å². The van der Waals surface area contributed by atoms with Crippen LogP contribution < -0.4 is 19.7 Å². The Morgan fingerprint density at radius 2 is 1.97 bits per heavy atom. The highest BCUT2D eigenvalue weighted by molar-refractivity contribution is 7.80. The van der Waals surface area contributed by atoms with Gasteiger partial charge in [0, 0.05) is 6.08 Å². The molecule has 0 spiro atoms. The van der Waals surface area contributed by atoms with E-state index in [4.69, 9.17) is 37.7 Å². The fourth-order valence-electron chi connectivity index (χ4n) is 3.11. The molecule has 32 heavy (non-hydrogen) atoms. The first kappa shape index (κ1) is 21.9. The highest BCUT2D eigenvalue weighted by atomic mass is 35.5. The van der Waals surface area contributed by atoms with Crippen LogP contribution in [0.3, 0.4) is 0 Å². The molecular weight excluding hydrogens is 455 g/mol. The SMILES string of the molecule is CCOc1ccccc1N1C(=O)/C(=C\c2ccc(COc3ccc(F)cc3Cl)o2)NC1=S. The Hall–Kier alpha value is -3.36. The van der Waals surface area contributed by atoms with Crippen LogP contribution in [-0.4, -0.2) is 17.6 Å². The molecule has 0 aliphatic carbocycles. The molecule has 9 heteroatoms. The molecule has 2 aromatic carbocycles. The van der Waals surface area contributed by atoms with E-state index in [0.29, 0.717) is 35.3 Å². The Labute approximate surface area is 194 Å². The smallest absolute Gasteiger partial charge is 0.281 e. The maximum absolute atomic E-state index is 13.1. The summed E-state index contributed by atoms with van der Waals surface area (Å²) in [5.74, 6) is 1.07. The summed E-state index contributed by atoms with van der Waals surface area (Å²) in [4.78, 5) is 14.4. The minimum absolute atomic E-state index is 0.0855. The van der Waals surface area contributed by atoms with Crippen LogP contribution in [0.1, 0.15) is 18.4 Å². The van der Waals surface area contributed by atoms with Gasteiger partial charge in [0.15, 0.2) is 5.11 Å². The van der Waals surface area contributed by atoms with Gasteiger partial charge in [-0.25, -0.2) is 9.29 Å². The second-order valence-corrected chi connectivity index (χ2v) is 7.49. The van der Waals surface area contributed by atoms with Gasteiger partial charge in [-0.1, -0.05) is 23.7 Å². The van der Waals surface area contributed by atoms with Crippen LogP contribution in [0.5, 0.6) is 11.5 Å². The molecule has 0 bridgehead atoms. The van der Waals surface area contributed by atoms with Crippen LogP contribution in [0.4, 0.5) is 10.1 Å². The second kappa shape index (κ2) is 9.42. The first-order valence-corrected chi connectivity index (χ1v) is 10.5. The minimum Gasteiger partial charge on any atom is -0.492 e. The second-order valence-electron chi connectivity index (χ2n) is 6.70. The summed E-state index contributed by atoms with van der Waals surface area (Å²) in [7, 11) is 0. The largest absolute Gasteiger partial charge is 0.492 e. The first-order chi connectivity index (χ1) is 15.5. The van der Waals surface area contributed by atoms with Crippen molar-refractivity contribution in [2.45, 2.75) is 13.5 Å². The van der Waals surface area contributed by atoms with Gasteiger partial charge in [0.25, 0.3) is 5.91 Å². The van der Waals surface area contributed by atoms with Crippen LogP contribution in [0.15, 0.2) is 64.7 Å². The molecule has 4 rings (SSSR count). The number of hydrogen-bond acceptors (Lipinski definition) is 5. The number of nitrogens with zero attached hydrogens (tertiary/aromatic N) is 1. The fraction of sp³-hybridized carbons (Fsp3) is 0.130. The third-order valence-electron chi connectivity index (χ3n) is 4.52. The number of anilines is 1. The van der Waals surface area contributed by atoms with Crippen molar-refractivity contribution >= 4 is 46.6 Å². The molecule has 0 radical (unpaired) electrons. The van der Waals surface area contributed by atoms with Crippen molar-refractivity contribution in [3.63, 3.8) is 0 Å². The summed E-state index contributed by atoms with van der Waals surface area (Å²) in [6, 6.07) is 14.5. The molecule has 1 amide bonds. The van der Waals surface area contributed by atoms with E-state index in [1.165, 1.54) is 23.1 Å². The zero-order valence-electron chi connectivity index (χ0n) is 16.9. The zero-order chi connectivity index (χ0) is 22.7. The van der Waals surface area contributed by atoms with Gasteiger partial charge < -0.3 is 19.2 Å². The number of nitrogens with one attached hydrogen (secondary N) is 1. The number of halogens is 2. The molecule has 1 aliphatic heterocycles. The predicted molar refractivity (Wildman–Crippen MR) is 123 cm³/mol. The molecule has 2 heterocycles. The van der Waals surface area contributed by atoms with Crippen LogP contribution in [-0.2, 0) is 11.4 Å². The molecule has 0 saturated carbocycles. The standard InChI is InChI=1S/C23H18ClFN2O4S/c1-2-29-21-6-4-3-5-19(21)27-22(28)18(26-23(27)32)12-15-8-9-16(31-15)13-30-20-10-7-14(25)11-17(20)24/h3-12H,2,13H2,1H3,(H,26,32)/b18-12+. The van der Waals surface area contributed by atoms with Crippen molar-refractivity contribution in [2.24, 2.45) is 0 Å². The Morgan fingerprint density at radius 3 is 2.75 bits per heavy atom. The molecular formula is C23H18ClFN2O4S. The molecule has 1 saturated heterocycles. The maximum Gasteiger partial charge on any atom is 0.281 e. The van der Waals surface area contributed by atoms with E-state index < -0.39 is 5.82 Å². The third kappa shape index (κ3) is 4.61. The molecule has 6 nitrogen and oxygen atoms in total. The molecule has 1 aromatic heterocycles. The van der Waals surface area contributed by atoms with Crippen LogP contribution in [0.25, 0.3) is 6.08 Å². The lowest BCUT2D eigenvalue weighted by Gasteiger charge is -2.17. The lowest BCUT2D eigenvalue weighted by molar-refractivity contribution is -0.113. The Bertz CT molecular complexity index is 1210. The molecule has 1 fully saturated rings. The van der Waals surface area contributed by atoms with E-state index in [1.54, 1.807) is 30.3 Å². The molecule has 3 aromatic rings. The predicted octanol–water partition coefficient (Wildman–Crippen LogP) is 5.31. The number of furan rings is 1. The fourth-order valence-corrected chi connectivity index (χ4v) is 3.62. The number of carbonyl (C=O) groups excluding carboxylic acids is 1. The van der Waals surface area contributed by atoms with Crippen molar-refractivity contribution in [3.8, 4) is 11.5 Å². The van der Waals surface area contributed by atoms with Gasteiger partial charge in [-0.2, -0.15) is 0 Å². The normalized spacial score (nSPS) is 14.7. The number of thiocarbonyl (C=S) groups is 1. The summed E-state index contributed by atoms with van der Waals surface area (Å²) < 4.78 is 30.1. The van der Waals surface area contributed by atoms with E-state index in [-0.39, 0.29) is 28.3 Å². The lowest BCUT2D eigenvalue weighted by Crippen LogP contribution is -2.30. The molecule has 164 valence electrons. The Balaban J connectivity index is 1.49. The van der Waals surface area contributed by atoms with E-state index in [0.717, 1.165) is 0 Å². The molecule has 1 N–H and O–H groups in total. The van der Waals surface area contributed by atoms with E-state index in [2.05, 4.69) is 5.32 Å². The maximum atomic E-state index is 13.1. The molecule has 0 atom stereocenters. The summed E-state index contributed by atoms with van der Waals surface area (Å²) in [5.41, 5.74) is 0.828. The van der Waals surface area contributed by atoms with Gasteiger partial charge in [0.05, 0.1) is 17.3 Å². The number of rotatable bonds is 7. The lowest BCUT2D eigenvalue weighted by atomic mass is 10.2. The Morgan fingerprint density at radius 1 is 1.16 bits per heavy atom. The number of hydrogen-bond donors (Lipinski definition) is 1. The number of para-hydroxylation sites is 2. The van der Waals surface area contributed by atoms with Crippen LogP contribution >= 0.6 is 23.8 Å². The molecule has 1 aliphatic rings. The monoisotopic (exact) mass is 472 g/mol. The summed E-state index contributed by atoms with van der Waals surface area (Å²) in [6.07, 6.45) is 1.56. The number of ether oxygens (including phenoxy) is 2. The van der Waals surface area contributed by atoms with Crippen LogP contribution in [0.2, 0.25) is 5.02 Å². The first-order valence-electron chi connectivity index (χ1n) is 9.71. The zero-order valence-corrected chi connectivity index (χ0v) is 18.5. The molecule has 0 unspecified atom stereocenters. The average Bonchev–Trinajstić information content (AvgIpc) is 3.32. The van der Waals surface area contributed by atoms with Crippen molar-refractivity contribution in [2.75, 3.05) is 11.5 Å². The van der Waals surface area contributed by atoms with Gasteiger partial charge in [-0.05, 0) is 61.6 Å². The van der Waals surface area contributed by atoms with E-state index >= 15 is 0 Å². The van der Waals surface area contributed by atoms with Crippen molar-refractivity contribution in [1.82, 2.24) is 5.32 Å². The number of carbonyl (C=O) groups is 1. The quantitative estimate of drug-likeness (QED) is 0.371. The summed E-state index contributed by atoms with van der Waals surface area (Å²) in [5, 5.41) is 3.33. The third-order valence-corrected chi connectivity index (χ3v) is 5.10. The Kier molecular flexibility index (Phi) is 6.43. The van der Waals surface area contributed by atoms with Gasteiger partial charge in [-0.3, -0.25) is 4.79 Å². The van der Waals surface area contributed by atoms with Gasteiger partial charge in [0.1, 0.15) is 41.1 Å². The highest BCUT2D eigenvalue weighted by Crippen LogP contribution is 2.32. The topological polar surface area (TPSA) is 63.9 Å². The van der Waals surface area contributed by atoms with Gasteiger partial charge >= 0.3 is 0 Å². The minimum atomic E-state index is -0.446. The van der Waals surface area contributed by atoms with Crippen LogP contribution in [0, 0.1) is 5.82 Å². The van der Waals surface area contributed by atoms with E-state index in [1.807, 2.05) is 19.1 Å². The number of amides is 1. The number of benzene rings is 2. The van der Waals surface area contributed by atoms with Gasteiger partial charge in [-0.15, -0.1) is 0 Å². The van der Waals surface area contributed by atoms with Gasteiger partial charge in [0.2, 0.25) is 0 Å². The van der Waals surface area contributed by atoms with E-state index in [9.17, 15) is 9.18 Å². The summed E-state index contributed by atoms with van der Waals surface area (Å²) in [6.45, 7) is 2.41. The van der Waals surface area contributed by atoms with Crippen molar-refractivity contribution in [1.29, 1.82) is 0 Å². The average molecular weight is 473 g/mol. The summed E-state index contributed by atoms with van der Waals surface area (Å²) >= 11 is 11.3. The van der Waals surface area contributed by atoms with Crippen molar-refractivity contribution in [3.05, 3.63) is 82.7 Å².